The maximum absolute atomic E-state index is 11.6. The van der Waals surface area contributed by atoms with Crippen molar-refractivity contribution < 1.29 is 19.1 Å². The molecule has 0 saturated carbocycles. The molecule has 0 aliphatic carbocycles. The number of rotatable bonds is 7. The zero-order valence-electron chi connectivity index (χ0n) is 14.8. The molecule has 2 heterocycles. The van der Waals surface area contributed by atoms with E-state index in [9.17, 15) is 9.59 Å². The number of imide groups is 1. The molecular weight excluding hydrogens is 322 g/mol. The monoisotopic (exact) mass is 347 g/mol. The van der Waals surface area contributed by atoms with E-state index in [-0.39, 0.29) is 18.5 Å². The maximum atomic E-state index is 11.6. The number of likely N-dealkylation sites (tertiary alicyclic amines) is 1. The van der Waals surface area contributed by atoms with E-state index >= 15 is 0 Å². The van der Waals surface area contributed by atoms with Gasteiger partial charge < -0.3 is 14.8 Å². The van der Waals surface area contributed by atoms with Gasteiger partial charge in [0.1, 0.15) is 11.5 Å². The maximum Gasteiger partial charge on any atom is 0.324 e. The van der Waals surface area contributed by atoms with Gasteiger partial charge in [-0.15, -0.1) is 0 Å². The first kappa shape index (κ1) is 17.5. The highest BCUT2D eigenvalue weighted by Crippen LogP contribution is 2.38. The Morgan fingerprint density at radius 2 is 2.04 bits per heavy atom. The van der Waals surface area contributed by atoms with Crippen LogP contribution in [0.4, 0.5) is 4.79 Å². The summed E-state index contributed by atoms with van der Waals surface area (Å²) < 4.78 is 10.8. The van der Waals surface area contributed by atoms with Crippen LogP contribution in [0.2, 0.25) is 0 Å². The fraction of sp³-hybridized carbons (Fsp3) is 0.556. The quantitative estimate of drug-likeness (QED) is 0.762. The second kappa shape index (κ2) is 7.74. The third kappa shape index (κ3) is 3.71. The molecule has 1 N–H and O–H groups in total. The summed E-state index contributed by atoms with van der Waals surface area (Å²) in [6.07, 6.45) is 2.98. The summed E-state index contributed by atoms with van der Waals surface area (Å²) in [5.74, 6) is 1.48. The molecule has 0 radical (unpaired) electrons. The lowest BCUT2D eigenvalue weighted by Gasteiger charge is -2.27. The molecule has 0 bridgehead atoms. The average Bonchev–Trinajstić information content (AvgIpc) is 3.22. The van der Waals surface area contributed by atoms with Crippen molar-refractivity contribution in [2.75, 3.05) is 40.4 Å². The molecule has 0 unspecified atom stereocenters. The van der Waals surface area contributed by atoms with E-state index in [0.717, 1.165) is 49.4 Å². The molecule has 3 rings (SSSR count). The van der Waals surface area contributed by atoms with Gasteiger partial charge in [0.15, 0.2) is 0 Å². The largest absolute Gasteiger partial charge is 0.497 e. The van der Waals surface area contributed by atoms with E-state index in [1.807, 2.05) is 12.1 Å². The molecule has 1 aromatic carbocycles. The summed E-state index contributed by atoms with van der Waals surface area (Å²) in [6.45, 7) is 2.44. The normalized spacial score (nSPS) is 20.9. The second-order valence-corrected chi connectivity index (χ2v) is 6.36. The van der Waals surface area contributed by atoms with Crippen molar-refractivity contribution in [3.05, 3.63) is 23.8 Å². The number of ether oxygens (including phenoxy) is 2. The predicted octanol–water partition coefficient (Wildman–Crippen LogP) is 1.78. The zero-order valence-corrected chi connectivity index (χ0v) is 14.8. The van der Waals surface area contributed by atoms with Gasteiger partial charge in [0.2, 0.25) is 5.91 Å². The summed E-state index contributed by atoms with van der Waals surface area (Å²) in [4.78, 5) is 26.9. The number of nitrogens with zero attached hydrogens (tertiary/aromatic N) is 2. The Kier molecular flexibility index (Phi) is 5.43. The Hall–Kier alpha value is -2.28. The van der Waals surface area contributed by atoms with Crippen molar-refractivity contribution >= 4 is 11.9 Å². The number of hydrogen-bond donors (Lipinski definition) is 1. The van der Waals surface area contributed by atoms with Gasteiger partial charge >= 0.3 is 6.03 Å². The van der Waals surface area contributed by atoms with E-state index in [1.165, 1.54) is 4.90 Å². The highest BCUT2D eigenvalue weighted by molar-refractivity contribution is 6.01. The molecule has 1 aromatic rings. The van der Waals surface area contributed by atoms with Crippen LogP contribution in [-0.4, -0.2) is 62.1 Å². The molecule has 25 heavy (non-hydrogen) atoms. The van der Waals surface area contributed by atoms with Gasteiger partial charge in [0.05, 0.1) is 20.8 Å². The van der Waals surface area contributed by atoms with Crippen LogP contribution in [0.3, 0.4) is 0 Å². The summed E-state index contributed by atoms with van der Waals surface area (Å²) in [5, 5.41) is 2.55. The predicted molar refractivity (Wildman–Crippen MR) is 92.8 cm³/mol. The van der Waals surface area contributed by atoms with E-state index < -0.39 is 0 Å². The Bertz CT molecular complexity index is 633. The smallest absolute Gasteiger partial charge is 0.324 e. The van der Waals surface area contributed by atoms with Crippen molar-refractivity contribution in [1.29, 1.82) is 0 Å². The summed E-state index contributed by atoms with van der Waals surface area (Å²) in [7, 11) is 3.32. The number of nitrogens with one attached hydrogen (secondary N) is 1. The first-order valence-corrected chi connectivity index (χ1v) is 8.68. The Balaban J connectivity index is 1.63. The highest BCUT2D eigenvalue weighted by Gasteiger charge is 2.30. The molecule has 2 aliphatic rings. The van der Waals surface area contributed by atoms with Crippen LogP contribution in [0.15, 0.2) is 18.2 Å². The molecule has 7 heteroatoms. The number of amides is 3. The van der Waals surface area contributed by atoms with Crippen LogP contribution in [0.5, 0.6) is 11.5 Å². The topological polar surface area (TPSA) is 71.1 Å². The summed E-state index contributed by atoms with van der Waals surface area (Å²) >= 11 is 0. The average molecular weight is 347 g/mol. The van der Waals surface area contributed by atoms with Crippen molar-refractivity contribution in [3.63, 3.8) is 0 Å². The number of carbonyl (C=O) groups excluding carboxylic acids is 2. The minimum Gasteiger partial charge on any atom is -0.497 e. The number of urea groups is 1. The Labute approximate surface area is 147 Å². The fourth-order valence-corrected chi connectivity index (χ4v) is 3.65. The van der Waals surface area contributed by atoms with Gasteiger partial charge in [-0.3, -0.25) is 14.6 Å². The van der Waals surface area contributed by atoms with Crippen molar-refractivity contribution in [2.45, 2.75) is 25.3 Å². The van der Waals surface area contributed by atoms with E-state index in [0.29, 0.717) is 12.6 Å². The summed E-state index contributed by atoms with van der Waals surface area (Å²) in [6, 6.07) is 5.96. The van der Waals surface area contributed by atoms with Crippen LogP contribution < -0.4 is 14.8 Å². The van der Waals surface area contributed by atoms with Crippen LogP contribution in [0, 0.1) is 0 Å². The van der Waals surface area contributed by atoms with Crippen molar-refractivity contribution in [1.82, 2.24) is 15.1 Å². The number of carbonyl (C=O) groups is 2. The van der Waals surface area contributed by atoms with Crippen LogP contribution >= 0.6 is 0 Å². The Morgan fingerprint density at radius 1 is 1.20 bits per heavy atom. The van der Waals surface area contributed by atoms with Gasteiger partial charge in [0, 0.05) is 30.8 Å². The lowest BCUT2D eigenvalue weighted by atomic mass is 10.0. The molecule has 2 aliphatic heterocycles. The molecule has 2 fully saturated rings. The van der Waals surface area contributed by atoms with Gasteiger partial charge in [-0.25, -0.2) is 4.79 Å². The van der Waals surface area contributed by atoms with Crippen molar-refractivity contribution in [3.8, 4) is 11.5 Å². The molecule has 0 spiro atoms. The Morgan fingerprint density at radius 3 is 2.72 bits per heavy atom. The van der Waals surface area contributed by atoms with Gasteiger partial charge in [-0.1, -0.05) is 6.07 Å². The van der Waals surface area contributed by atoms with Gasteiger partial charge in [-0.05, 0) is 31.9 Å². The highest BCUT2D eigenvalue weighted by atomic mass is 16.5. The molecule has 1 atom stereocenters. The summed E-state index contributed by atoms with van der Waals surface area (Å²) in [5.41, 5.74) is 1.16. The molecule has 7 nitrogen and oxygen atoms in total. The fourth-order valence-electron chi connectivity index (χ4n) is 3.65. The van der Waals surface area contributed by atoms with Crippen LogP contribution in [0.25, 0.3) is 0 Å². The third-order valence-corrected chi connectivity index (χ3v) is 4.93. The lowest BCUT2D eigenvalue weighted by molar-refractivity contribution is -0.125. The molecule has 0 aromatic heterocycles. The van der Waals surface area contributed by atoms with Crippen LogP contribution in [-0.2, 0) is 4.79 Å². The number of benzene rings is 1. The molecule has 136 valence electrons. The van der Waals surface area contributed by atoms with Crippen LogP contribution in [0.1, 0.15) is 30.9 Å². The van der Waals surface area contributed by atoms with Gasteiger partial charge in [-0.2, -0.15) is 0 Å². The molecule has 3 amide bonds. The second-order valence-electron chi connectivity index (χ2n) is 6.36. The lowest BCUT2D eigenvalue weighted by Crippen LogP contribution is -2.34. The molecular formula is C18H25N3O4. The SMILES string of the molecule is COc1ccc([C@H]2CCCN2CCCN2C(=O)CNC2=O)c(OC)c1. The standard InChI is InChI=1S/C18H25N3O4/c1-24-13-6-7-14(16(11-13)25-2)15-5-3-8-20(15)9-4-10-21-17(22)12-19-18(21)23/h6-7,11,15H,3-5,8-10,12H2,1-2H3,(H,19,23)/t15-/m1/s1. The molecule has 2 saturated heterocycles. The number of methoxy groups -OCH3 is 2. The first-order chi connectivity index (χ1) is 12.1. The van der Waals surface area contributed by atoms with E-state index in [1.54, 1.807) is 14.2 Å². The third-order valence-electron chi connectivity index (χ3n) is 4.93. The van der Waals surface area contributed by atoms with E-state index in [2.05, 4.69) is 16.3 Å². The first-order valence-electron chi connectivity index (χ1n) is 8.68. The minimum atomic E-state index is -0.278. The van der Waals surface area contributed by atoms with Crippen molar-refractivity contribution in [2.24, 2.45) is 0 Å². The number of hydrogen-bond acceptors (Lipinski definition) is 5. The van der Waals surface area contributed by atoms with E-state index in [4.69, 9.17) is 9.47 Å². The van der Waals surface area contributed by atoms with Gasteiger partial charge in [0.25, 0.3) is 0 Å². The minimum absolute atomic E-state index is 0.119. The zero-order chi connectivity index (χ0) is 17.8.